The van der Waals surface area contributed by atoms with Crippen molar-refractivity contribution < 1.29 is 18.3 Å². The van der Waals surface area contributed by atoms with Gasteiger partial charge in [-0.15, -0.1) is 0 Å². The lowest BCUT2D eigenvalue weighted by Gasteiger charge is -2.09. The van der Waals surface area contributed by atoms with Crippen LogP contribution in [0.2, 0.25) is 10.0 Å². The van der Waals surface area contributed by atoms with E-state index >= 15 is 0 Å². The molecule has 0 saturated heterocycles. The zero-order valence-corrected chi connectivity index (χ0v) is 23.4. The Kier molecular flexibility index (Phi) is 10.1. The molecule has 0 saturated carbocycles. The fourth-order valence-corrected chi connectivity index (χ4v) is 4.15. The third kappa shape index (κ3) is 8.49. The number of benzene rings is 4. The zero-order valence-electron chi connectivity index (χ0n) is 18.7. The summed E-state index contributed by atoms with van der Waals surface area (Å²) in [6, 6.07) is 21.1. The first kappa shape index (κ1) is 27.9. The number of nitriles is 1. The molecule has 0 aliphatic rings. The summed E-state index contributed by atoms with van der Waals surface area (Å²) in [5.74, 6) is 0.884. The Morgan fingerprint density at radius 1 is 0.750 bits per heavy atom. The second-order valence-electron chi connectivity index (χ2n) is 7.45. The van der Waals surface area contributed by atoms with Crippen LogP contribution in [-0.4, -0.2) is 0 Å². The average Bonchev–Trinajstić information content (AvgIpc) is 2.78. The molecule has 0 bridgehead atoms. The molecule has 0 amide bonds. The minimum absolute atomic E-state index is 0.264. The van der Waals surface area contributed by atoms with Gasteiger partial charge in [-0.05, 0) is 66.6 Å². The molecule has 0 N–H and O–H groups in total. The third-order valence-electron chi connectivity index (χ3n) is 4.49. The summed E-state index contributed by atoms with van der Waals surface area (Å²) in [7, 11) is 0. The van der Waals surface area contributed by atoms with Gasteiger partial charge in [-0.25, -0.2) is 8.78 Å². The molecule has 0 aliphatic heterocycles. The Hall–Kier alpha value is -2.63. The predicted molar refractivity (Wildman–Crippen MR) is 145 cm³/mol. The Balaban J connectivity index is 0.000000202. The van der Waals surface area contributed by atoms with E-state index in [1.807, 2.05) is 19.1 Å². The summed E-state index contributed by atoms with van der Waals surface area (Å²) in [6.45, 7) is 1.94. The van der Waals surface area contributed by atoms with Crippen molar-refractivity contribution in [3.8, 4) is 29.1 Å². The van der Waals surface area contributed by atoms with Crippen LogP contribution in [0.15, 0.2) is 81.7 Å². The summed E-state index contributed by atoms with van der Waals surface area (Å²) >= 11 is 18.4. The van der Waals surface area contributed by atoms with E-state index in [0.29, 0.717) is 42.0 Å². The molecule has 0 spiro atoms. The van der Waals surface area contributed by atoms with Gasteiger partial charge in [-0.3, -0.25) is 0 Å². The monoisotopic (exact) mass is 653 g/mol. The van der Waals surface area contributed by atoms with Crippen molar-refractivity contribution in [2.24, 2.45) is 0 Å². The summed E-state index contributed by atoms with van der Waals surface area (Å²) in [6.07, 6.45) is 0.264. The fraction of sp³-hybridized carbons (Fsp3) is 0.0741. The van der Waals surface area contributed by atoms with E-state index < -0.39 is 5.82 Å². The molecule has 0 aromatic heterocycles. The first-order valence-electron chi connectivity index (χ1n) is 10.3. The quantitative estimate of drug-likeness (QED) is 0.215. The van der Waals surface area contributed by atoms with Gasteiger partial charge < -0.3 is 9.47 Å². The Morgan fingerprint density at radius 3 is 1.75 bits per heavy atom. The molecule has 0 heterocycles. The van der Waals surface area contributed by atoms with Crippen LogP contribution in [0.25, 0.3) is 0 Å². The molecule has 36 heavy (non-hydrogen) atoms. The van der Waals surface area contributed by atoms with Gasteiger partial charge in [0.15, 0.2) is 0 Å². The lowest BCUT2D eigenvalue weighted by atomic mass is 10.1. The highest BCUT2D eigenvalue weighted by Gasteiger charge is 2.08. The highest BCUT2D eigenvalue weighted by Crippen LogP contribution is 2.33. The van der Waals surface area contributed by atoms with E-state index in [1.165, 1.54) is 24.3 Å². The molecular weight excluding hydrogens is 639 g/mol. The van der Waals surface area contributed by atoms with E-state index in [4.69, 9.17) is 37.9 Å². The first-order chi connectivity index (χ1) is 17.1. The summed E-state index contributed by atoms with van der Waals surface area (Å²) in [5, 5.41) is 9.56. The standard InChI is InChI=1S/C14H8BrClFNO.C13H9BrClFO/c15-10-6-11(17)8-12(7-10)19-14-5-9(3-4-18)1-2-13(14)16;1-8-2-3-12(15)13(4-8)17-11-6-9(14)5-10(16)7-11/h1-2,5-8H,3H2;2-7H,1H3. The Morgan fingerprint density at radius 2 is 1.25 bits per heavy atom. The molecule has 3 nitrogen and oxygen atoms in total. The summed E-state index contributed by atoms with van der Waals surface area (Å²) in [4.78, 5) is 0. The number of halogens is 6. The number of hydrogen-bond acceptors (Lipinski definition) is 3. The van der Waals surface area contributed by atoms with E-state index in [2.05, 4.69) is 31.9 Å². The zero-order chi connectivity index (χ0) is 26.2. The minimum atomic E-state index is -0.409. The fourth-order valence-electron chi connectivity index (χ4n) is 2.94. The number of ether oxygens (including phenoxy) is 2. The minimum Gasteiger partial charge on any atom is -0.456 e. The van der Waals surface area contributed by atoms with Gasteiger partial charge in [0.25, 0.3) is 0 Å². The van der Waals surface area contributed by atoms with Crippen molar-refractivity contribution in [3.05, 3.63) is 115 Å². The van der Waals surface area contributed by atoms with Gasteiger partial charge in [0.05, 0.1) is 22.5 Å². The van der Waals surface area contributed by atoms with Crippen LogP contribution < -0.4 is 9.47 Å². The summed E-state index contributed by atoms with van der Waals surface area (Å²) in [5.41, 5.74) is 1.82. The average molecular weight is 656 g/mol. The van der Waals surface area contributed by atoms with Gasteiger partial charge in [0.2, 0.25) is 0 Å². The lowest BCUT2D eigenvalue weighted by molar-refractivity contribution is 0.475. The molecule has 9 heteroatoms. The highest BCUT2D eigenvalue weighted by atomic mass is 79.9. The largest absolute Gasteiger partial charge is 0.456 e. The first-order valence-corrected chi connectivity index (χ1v) is 12.7. The number of nitrogens with zero attached hydrogens (tertiary/aromatic N) is 1. The lowest BCUT2D eigenvalue weighted by Crippen LogP contribution is -1.89. The van der Waals surface area contributed by atoms with E-state index in [-0.39, 0.29) is 12.2 Å². The van der Waals surface area contributed by atoms with Crippen molar-refractivity contribution in [2.75, 3.05) is 0 Å². The molecule has 0 fully saturated rings. The van der Waals surface area contributed by atoms with Crippen LogP contribution in [0.5, 0.6) is 23.0 Å². The van der Waals surface area contributed by atoms with Crippen LogP contribution >= 0.6 is 55.1 Å². The van der Waals surface area contributed by atoms with E-state index in [1.54, 1.807) is 42.5 Å². The maximum atomic E-state index is 13.2. The normalized spacial score (nSPS) is 10.2. The van der Waals surface area contributed by atoms with Gasteiger partial charge in [-0.1, -0.05) is 67.2 Å². The predicted octanol–water partition coefficient (Wildman–Crippen LogP) is 10.4. The Bertz CT molecular complexity index is 1390. The maximum absolute atomic E-state index is 13.2. The van der Waals surface area contributed by atoms with Crippen molar-refractivity contribution in [1.82, 2.24) is 0 Å². The summed E-state index contributed by atoms with van der Waals surface area (Å²) < 4.78 is 38.7. The number of hydrogen-bond donors (Lipinski definition) is 0. The molecule has 0 radical (unpaired) electrons. The second kappa shape index (κ2) is 13.1. The topological polar surface area (TPSA) is 42.2 Å². The van der Waals surface area contributed by atoms with Crippen LogP contribution in [0.1, 0.15) is 11.1 Å². The highest BCUT2D eigenvalue weighted by molar-refractivity contribution is 9.10. The molecule has 4 aromatic carbocycles. The van der Waals surface area contributed by atoms with Gasteiger partial charge >= 0.3 is 0 Å². The Labute approximate surface area is 234 Å². The van der Waals surface area contributed by atoms with Gasteiger partial charge in [0, 0.05) is 21.1 Å². The van der Waals surface area contributed by atoms with Gasteiger partial charge in [0.1, 0.15) is 34.6 Å². The number of rotatable bonds is 5. The molecule has 0 unspecified atom stereocenters. The van der Waals surface area contributed by atoms with Crippen LogP contribution in [0.3, 0.4) is 0 Å². The van der Waals surface area contributed by atoms with Gasteiger partial charge in [-0.2, -0.15) is 5.26 Å². The smallest absolute Gasteiger partial charge is 0.146 e. The van der Waals surface area contributed by atoms with Crippen LogP contribution in [-0.2, 0) is 6.42 Å². The van der Waals surface area contributed by atoms with Crippen molar-refractivity contribution in [3.63, 3.8) is 0 Å². The SMILES string of the molecule is Cc1ccc(Cl)c(Oc2cc(F)cc(Br)c2)c1.N#CCc1ccc(Cl)c(Oc2cc(F)cc(Br)c2)c1. The third-order valence-corrected chi connectivity index (χ3v) is 6.03. The molecular formula is C27H17Br2Cl2F2NO2. The second-order valence-corrected chi connectivity index (χ2v) is 10.1. The number of aryl methyl sites for hydroxylation is 1. The molecule has 0 aliphatic carbocycles. The molecule has 0 atom stereocenters. The van der Waals surface area contributed by atoms with Crippen molar-refractivity contribution >= 4 is 55.1 Å². The van der Waals surface area contributed by atoms with Crippen LogP contribution in [0.4, 0.5) is 8.78 Å². The van der Waals surface area contributed by atoms with E-state index in [0.717, 1.165) is 11.1 Å². The molecule has 4 aromatic rings. The van der Waals surface area contributed by atoms with E-state index in [9.17, 15) is 8.78 Å². The maximum Gasteiger partial charge on any atom is 0.146 e. The molecule has 4 rings (SSSR count). The van der Waals surface area contributed by atoms with Crippen molar-refractivity contribution in [1.29, 1.82) is 5.26 Å². The van der Waals surface area contributed by atoms with Crippen molar-refractivity contribution in [2.45, 2.75) is 13.3 Å². The molecule has 184 valence electrons. The van der Waals surface area contributed by atoms with Crippen LogP contribution in [0, 0.1) is 29.9 Å².